The summed E-state index contributed by atoms with van der Waals surface area (Å²) in [5.74, 6) is -0.446. The molecule has 0 unspecified atom stereocenters. The van der Waals surface area contributed by atoms with Crippen molar-refractivity contribution < 1.29 is 9.53 Å². The SMILES string of the molecule is CCOC(=O)c1c(Cl)cc(=O)n2c1CCC2. The predicted octanol–water partition coefficient (Wildman–Crippen LogP) is 1.62. The molecule has 5 heteroatoms. The van der Waals surface area contributed by atoms with Crippen molar-refractivity contribution in [1.82, 2.24) is 4.57 Å². The van der Waals surface area contributed by atoms with E-state index in [0.717, 1.165) is 6.42 Å². The molecule has 0 radical (unpaired) electrons. The fraction of sp³-hybridized carbons (Fsp3) is 0.455. The van der Waals surface area contributed by atoms with Gasteiger partial charge in [0.15, 0.2) is 0 Å². The van der Waals surface area contributed by atoms with E-state index in [1.807, 2.05) is 0 Å². The van der Waals surface area contributed by atoms with E-state index in [4.69, 9.17) is 16.3 Å². The number of rotatable bonds is 2. The molecule has 1 aromatic heterocycles. The number of ether oxygens (including phenoxy) is 1. The minimum Gasteiger partial charge on any atom is -0.462 e. The fourth-order valence-corrected chi connectivity index (χ4v) is 2.27. The molecule has 0 bridgehead atoms. The Bertz CT molecular complexity index is 493. The molecule has 1 aliphatic heterocycles. The van der Waals surface area contributed by atoms with Crippen molar-refractivity contribution in [3.05, 3.63) is 32.7 Å². The van der Waals surface area contributed by atoms with Crippen LogP contribution in [0.3, 0.4) is 0 Å². The number of esters is 1. The number of hydrogen-bond donors (Lipinski definition) is 0. The number of carbonyl (C=O) groups excluding carboxylic acids is 1. The number of fused-ring (bicyclic) bond motifs is 1. The molecule has 2 heterocycles. The highest BCUT2D eigenvalue weighted by molar-refractivity contribution is 6.33. The van der Waals surface area contributed by atoms with E-state index in [1.165, 1.54) is 6.07 Å². The van der Waals surface area contributed by atoms with Gasteiger partial charge in [0.2, 0.25) is 0 Å². The summed E-state index contributed by atoms with van der Waals surface area (Å²) in [7, 11) is 0. The van der Waals surface area contributed by atoms with Gasteiger partial charge in [-0.15, -0.1) is 0 Å². The Morgan fingerprint density at radius 3 is 3.06 bits per heavy atom. The standard InChI is InChI=1S/C11H12ClNO3/c1-2-16-11(15)10-7(12)6-9(14)13-5-3-4-8(10)13/h6H,2-5H2,1H3. The molecule has 0 spiro atoms. The van der Waals surface area contributed by atoms with Gasteiger partial charge in [0, 0.05) is 18.3 Å². The normalized spacial score (nSPS) is 13.6. The first-order valence-corrected chi connectivity index (χ1v) is 5.62. The van der Waals surface area contributed by atoms with Crippen LogP contribution in [0.1, 0.15) is 29.4 Å². The molecular formula is C11H12ClNO3. The van der Waals surface area contributed by atoms with Crippen molar-refractivity contribution in [3.8, 4) is 0 Å². The van der Waals surface area contributed by atoms with Gasteiger partial charge >= 0.3 is 5.97 Å². The van der Waals surface area contributed by atoms with Crippen LogP contribution >= 0.6 is 11.6 Å². The summed E-state index contributed by atoms with van der Waals surface area (Å²) in [5.41, 5.74) is 0.905. The van der Waals surface area contributed by atoms with Gasteiger partial charge in [-0.3, -0.25) is 4.79 Å². The molecule has 0 saturated carbocycles. The second-order valence-electron chi connectivity index (χ2n) is 3.63. The van der Waals surface area contributed by atoms with Gasteiger partial charge in [-0.05, 0) is 19.8 Å². The lowest BCUT2D eigenvalue weighted by Crippen LogP contribution is -2.22. The molecule has 0 aliphatic carbocycles. The minimum absolute atomic E-state index is 0.148. The van der Waals surface area contributed by atoms with Gasteiger partial charge in [-0.2, -0.15) is 0 Å². The molecule has 16 heavy (non-hydrogen) atoms. The highest BCUT2D eigenvalue weighted by atomic mass is 35.5. The second-order valence-corrected chi connectivity index (χ2v) is 4.04. The smallest absolute Gasteiger partial charge is 0.341 e. The van der Waals surface area contributed by atoms with Gasteiger partial charge in [0.25, 0.3) is 5.56 Å². The maximum absolute atomic E-state index is 11.7. The molecule has 0 saturated heterocycles. The van der Waals surface area contributed by atoms with Crippen LogP contribution in [0.25, 0.3) is 0 Å². The number of pyridine rings is 1. The summed E-state index contributed by atoms with van der Waals surface area (Å²) in [6.07, 6.45) is 1.56. The van der Waals surface area contributed by atoms with Gasteiger partial charge < -0.3 is 9.30 Å². The third kappa shape index (κ3) is 1.73. The van der Waals surface area contributed by atoms with Crippen molar-refractivity contribution in [2.75, 3.05) is 6.61 Å². The van der Waals surface area contributed by atoms with E-state index in [0.29, 0.717) is 30.8 Å². The lowest BCUT2D eigenvalue weighted by molar-refractivity contribution is 0.0524. The van der Waals surface area contributed by atoms with Crippen molar-refractivity contribution in [2.45, 2.75) is 26.3 Å². The fourth-order valence-electron chi connectivity index (χ4n) is 1.99. The van der Waals surface area contributed by atoms with E-state index in [9.17, 15) is 9.59 Å². The van der Waals surface area contributed by atoms with Crippen LogP contribution in [0.15, 0.2) is 10.9 Å². The second kappa shape index (κ2) is 4.29. The number of aromatic nitrogens is 1. The lowest BCUT2D eigenvalue weighted by Gasteiger charge is -2.10. The van der Waals surface area contributed by atoms with Crippen molar-refractivity contribution >= 4 is 17.6 Å². The van der Waals surface area contributed by atoms with E-state index in [1.54, 1.807) is 11.5 Å². The summed E-state index contributed by atoms with van der Waals surface area (Å²) in [6, 6.07) is 1.28. The molecule has 1 aromatic rings. The van der Waals surface area contributed by atoms with Gasteiger partial charge in [-0.1, -0.05) is 11.6 Å². The Hall–Kier alpha value is -1.29. The van der Waals surface area contributed by atoms with Crippen LogP contribution in [-0.4, -0.2) is 17.1 Å². The molecule has 1 aliphatic rings. The summed E-state index contributed by atoms with van der Waals surface area (Å²) in [6.45, 7) is 2.69. The van der Waals surface area contributed by atoms with Crippen molar-refractivity contribution in [2.24, 2.45) is 0 Å². The maximum Gasteiger partial charge on any atom is 0.341 e. The zero-order chi connectivity index (χ0) is 11.7. The van der Waals surface area contributed by atoms with Crippen LogP contribution in [-0.2, 0) is 17.7 Å². The number of nitrogens with zero attached hydrogens (tertiary/aromatic N) is 1. The number of halogens is 1. The maximum atomic E-state index is 11.7. The van der Waals surface area contributed by atoms with E-state index in [2.05, 4.69) is 0 Å². The Morgan fingerprint density at radius 2 is 2.38 bits per heavy atom. The summed E-state index contributed by atoms with van der Waals surface area (Å²) >= 11 is 5.93. The predicted molar refractivity (Wildman–Crippen MR) is 60.0 cm³/mol. The molecule has 0 N–H and O–H groups in total. The third-order valence-electron chi connectivity index (χ3n) is 2.64. The number of carbonyl (C=O) groups is 1. The Morgan fingerprint density at radius 1 is 1.62 bits per heavy atom. The molecule has 0 fully saturated rings. The first-order chi connectivity index (χ1) is 7.65. The van der Waals surface area contributed by atoms with E-state index >= 15 is 0 Å². The summed E-state index contributed by atoms with van der Waals surface area (Å²) in [4.78, 5) is 23.3. The molecular weight excluding hydrogens is 230 g/mol. The zero-order valence-electron chi connectivity index (χ0n) is 8.96. The van der Waals surface area contributed by atoms with Crippen LogP contribution in [0.2, 0.25) is 5.02 Å². The topological polar surface area (TPSA) is 48.3 Å². The average molecular weight is 242 g/mol. The summed E-state index contributed by atoms with van der Waals surface area (Å²) < 4.78 is 6.53. The van der Waals surface area contributed by atoms with Crippen LogP contribution in [0.4, 0.5) is 0 Å². The highest BCUT2D eigenvalue weighted by Crippen LogP contribution is 2.24. The minimum atomic E-state index is -0.446. The first-order valence-electron chi connectivity index (χ1n) is 5.24. The van der Waals surface area contributed by atoms with E-state index in [-0.39, 0.29) is 10.6 Å². The highest BCUT2D eigenvalue weighted by Gasteiger charge is 2.24. The zero-order valence-corrected chi connectivity index (χ0v) is 9.71. The van der Waals surface area contributed by atoms with Crippen molar-refractivity contribution in [1.29, 1.82) is 0 Å². The van der Waals surface area contributed by atoms with Crippen molar-refractivity contribution in [3.63, 3.8) is 0 Å². The summed E-state index contributed by atoms with van der Waals surface area (Å²) in [5, 5.41) is 0.191. The Balaban J connectivity index is 2.57. The first kappa shape index (κ1) is 11.2. The average Bonchev–Trinajstić information content (AvgIpc) is 2.66. The quantitative estimate of drug-likeness (QED) is 0.740. The van der Waals surface area contributed by atoms with Crippen LogP contribution in [0, 0.1) is 0 Å². The van der Waals surface area contributed by atoms with Gasteiger partial charge in [0.05, 0.1) is 17.2 Å². The molecule has 0 amide bonds. The van der Waals surface area contributed by atoms with Crippen LogP contribution in [0.5, 0.6) is 0 Å². The molecule has 4 nitrogen and oxygen atoms in total. The van der Waals surface area contributed by atoms with Crippen LogP contribution < -0.4 is 5.56 Å². The Labute approximate surface area is 97.8 Å². The Kier molecular flexibility index (Phi) is 3.01. The largest absolute Gasteiger partial charge is 0.462 e. The van der Waals surface area contributed by atoms with Gasteiger partial charge in [-0.25, -0.2) is 4.79 Å². The van der Waals surface area contributed by atoms with Gasteiger partial charge in [0.1, 0.15) is 0 Å². The third-order valence-corrected chi connectivity index (χ3v) is 2.94. The number of hydrogen-bond acceptors (Lipinski definition) is 3. The lowest BCUT2D eigenvalue weighted by atomic mass is 10.1. The monoisotopic (exact) mass is 241 g/mol. The molecule has 0 aromatic carbocycles. The molecule has 0 atom stereocenters. The molecule has 86 valence electrons. The molecule has 2 rings (SSSR count). The van der Waals surface area contributed by atoms with E-state index < -0.39 is 5.97 Å².